The van der Waals surface area contributed by atoms with Gasteiger partial charge in [0, 0.05) is 45.2 Å². The number of unbranched alkanes of at least 4 members (excludes halogenated alkanes) is 1. The van der Waals surface area contributed by atoms with Crippen LogP contribution in [0.15, 0.2) is 35.3 Å². The molecule has 0 aromatic heterocycles. The lowest BCUT2D eigenvalue weighted by Crippen LogP contribution is -2.40. The zero-order chi connectivity index (χ0) is 18.0. The zero-order valence-corrected chi connectivity index (χ0v) is 18.9. The first-order valence-electron chi connectivity index (χ1n) is 10.2. The third-order valence-electron chi connectivity index (χ3n) is 5.34. The molecule has 0 amide bonds. The van der Waals surface area contributed by atoms with Gasteiger partial charge in [0.25, 0.3) is 0 Å². The minimum atomic E-state index is 0. The van der Waals surface area contributed by atoms with Crippen molar-refractivity contribution < 1.29 is 4.74 Å². The van der Waals surface area contributed by atoms with E-state index in [1.54, 1.807) is 0 Å². The normalized spacial score (nSPS) is 21.1. The fourth-order valence-electron chi connectivity index (χ4n) is 3.83. The molecule has 1 unspecified atom stereocenters. The molecule has 0 spiro atoms. The number of benzene rings is 1. The number of hydrogen-bond donors (Lipinski definition) is 1. The van der Waals surface area contributed by atoms with E-state index in [-0.39, 0.29) is 24.0 Å². The van der Waals surface area contributed by atoms with E-state index >= 15 is 0 Å². The number of ether oxygens (including phenoxy) is 1. The summed E-state index contributed by atoms with van der Waals surface area (Å²) in [6, 6.07) is 10.9. The fourth-order valence-corrected chi connectivity index (χ4v) is 3.83. The predicted molar refractivity (Wildman–Crippen MR) is 123 cm³/mol. The highest BCUT2D eigenvalue weighted by Crippen LogP contribution is 2.26. The molecule has 27 heavy (non-hydrogen) atoms. The summed E-state index contributed by atoms with van der Waals surface area (Å²) in [5.41, 5.74) is 1.45. The highest BCUT2D eigenvalue weighted by molar-refractivity contribution is 14.0. The Hall–Kier alpha value is -0.860. The lowest BCUT2D eigenvalue weighted by Gasteiger charge is -2.26. The van der Waals surface area contributed by atoms with Crippen molar-refractivity contribution >= 4 is 29.9 Å². The van der Waals surface area contributed by atoms with Crippen LogP contribution in [0.2, 0.25) is 0 Å². The minimum Gasteiger partial charge on any atom is -0.379 e. The molecule has 1 atom stereocenters. The molecule has 2 fully saturated rings. The number of rotatable bonds is 7. The van der Waals surface area contributed by atoms with E-state index < -0.39 is 0 Å². The largest absolute Gasteiger partial charge is 0.379 e. The van der Waals surface area contributed by atoms with Crippen molar-refractivity contribution in [2.45, 2.75) is 32.1 Å². The molecule has 152 valence electrons. The molecule has 2 saturated heterocycles. The van der Waals surface area contributed by atoms with Gasteiger partial charge in [-0.25, -0.2) is 0 Å². The zero-order valence-electron chi connectivity index (χ0n) is 16.6. The van der Waals surface area contributed by atoms with E-state index in [2.05, 4.69) is 52.4 Å². The van der Waals surface area contributed by atoms with E-state index in [0.29, 0.717) is 5.92 Å². The summed E-state index contributed by atoms with van der Waals surface area (Å²) in [6.07, 6.45) is 3.59. The molecule has 2 heterocycles. The summed E-state index contributed by atoms with van der Waals surface area (Å²) in [7, 11) is 0. The maximum absolute atomic E-state index is 5.41. The molecular weight excluding hydrogens is 451 g/mol. The van der Waals surface area contributed by atoms with Crippen molar-refractivity contribution in [3.63, 3.8) is 0 Å². The third-order valence-corrected chi connectivity index (χ3v) is 5.34. The van der Waals surface area contributed by atoms with E-state index in [1.165, 1.54) is 24.9 Å². The first kappa shape index (κ1) is 22.4. The second-order valence-corrected chi connectivity index (χ2v) is 7.24. The van der Waals surface area contributed by atoms with Gasteiger partial charge in [0.2, 0.25) is 0 Å². The Bertz CT molecular complexity index is 548. The smallest absolute Gasteiger partial charge is 0.193 e. The van der Waals surface area contributed by atoms with Crippen molar-refractivity contribution in [2.75, 3.05) is 59.0 Å². The van der Waals surface area contributed by atoms with Crippen molar-refractivity contribution in [3.8, 4) is 0 Å². The SMILES string of the molecule is CCNC(=NCCCCN1CCOCC1)N1CCC(c2ccccc2)C1.I. The van der Waals surface area contributed by atoms with E-state index in [4.69, 9.17) is 9.73 Å². The predicted octanol–water partition coefficient (Wildman–Crippen LogP) is 3.17. The average Bonchev–Trinajstić information content (AvgIpc) is 3.18. The number of nitrogens with one attached hydrogen (secondary N) is 1. The van der Waals surface area contributed by atoms with Gasteiger partial charge in [-0.15, -0.1) is 24.0 Å². The molecule has 0 bridgehead atoms. The van der Waals surface area contributed by atoms with E-state index in [0.717, 1.165) is 64.9 Å². The lowest BCUT2D eigenvalue weighted by molar-refractivity contribution is 0.0373. The van der Waals surface area contributed by atoms with Gasteiger partial charge >= 0.3 is 0 Å². The standard InChI is InChI=1S/C21H34N4O.HI/c1-2-22-21(23-11-6-7-12-24-14-16-26-17-15-24)25-13-10-20(18-25)19-8-4-3-5-9-19;/h3-5,8-9,20H,2,6-7,10-18H2,1H3,(H,22,23);1H. The van der Waals surface area contributed by atoms with E-state index in [9.17, 15) is 0 Å². The van der Waals surface area contributed by atoms with Crippen LogP contribution in [0.4, 0.5) is 0 Å². The molecule has 6 heteroatoms. The summed E-state index contributed by atoms with van der Waals surface area (Å²) in [6.45, 7) is 11.3. The number of guanidine groups is 1. The minimum absolute atomic E-state index is 0. The first-order chi connectivity index (χ1) is 12.9. The second-order valence-electron chi connectivity index (χ2n) is 7.24. The molecule has 2 aliphatic rings. The summed E-state index contributed by atoms with van der Waals surface area (Å²) >= 11 is 0. The quantitative estimate of drug-likeness (QED) is 0.278. The molecule has 0 radical (unpaired) electrons. The van der Waals surface area contributed by atoms with Gasteiger partial charge in [-0.3, -0.25) is 9.89 Å². The van der Waals surface area contributed by atoms with Crippen LogP contribution in [0.1, 0.15) is 37.7 Å². The second kappa shape index (κ2) is 12.6. The first-order valence-corrected chi connectivity index (χ1v) is 10.2. The third kappa shape index (κ3) is 7.23. The van der Waals surface area contributed by atoms with Crippen LogP contribution in [-0.4, -0.2) is 74.8 Å². The summed E-state index contributed by atoms with van der Waals surface area (Å²) in [5, 5.41) is 3.49. The van der Waals surface area contributed by atoms with Gasteiger partial charge in [-0.2, -0.15) is 0 Å². The molecule has 1 N–H and O–H groups in total. The summed E-state index contributed by atoms with van der Waals surface area (Å²) < 4.78 is 5.41. The van der Waals surface area contributed by atoms with E-state index in [1.807, 2.05) is 0 Å². The Labute approximate surface area is 181 Å². The van der Waals surface area contributed by atoms with Gasteiger partial charge in [0.05, 0.1) is 13.2 Å². The molecular formula is C21H35IN4O. The van der Waals surface area contributed by atoms with Crippen LogP contribution in [0.5, 0.6) is 0 Å². The number of halogens is 1. The molecule has 5 nitrogen and oxygen atoms in total. The van der Waals surface area contributed by atoms with Crippen LogP contribution >= 0.6 is 24.0 Å². The van der Waals surface area contributed by atoms with Crippen molar-refractivity contribution in [1.29, 1.82) is 0 Å². The molecule has 0 aliphatic carbocycles. The lowest BCUT2D eigenvalue weighted by atomic mass is 9.99. The Morgan fingerprint density at radius 1 is 1.15 bits per heavy atom. The summed E-state index contributed by atoms with van der Waals surface area (Å²) in [5.74, 6) is 1.72. The number of morpholine rings is 1. The van der Waals surface area contributed by atoms with Gasteiger partial charge in [-0.05, 0) is 38.3 Å². The van der Waals surface area contributed by atoms with Crippen molar-refractivity contribution in [2.24, 2.45) is 4.99 Å². The average molecular weight is 486 g/mol. The molecule has 2 aliphatic heterocycles. The van der Waals surface area contributed by atoms with Crippen molar-refractivity contribution in [1.82, 2.24) is 15.1 Å². The van der Waals surface area contributed by atoms with Crippen LogP contribution in [0.3, 0.4) is 0 Å². The number of hydrogen-bond acceptors (Lipinski definition) is 3. The Morgan fingerprint density at radius 2 is 1.93 bits per heavy atom. The van der Waals surface area contributed by atoms with Gasteiger partial charge in [0.1, 0.15) is 0 Å². The number of aliphatic imine (C=N–C) groups is 1. The maximum atomic E-state index is 5.41. The number of likely N-dealkylation sites (tertiary alicyclic amines) is 1. The number of nitrogens with zero attached hydrogens (tertiary/aromatic N) is 3. The Kier molecular flexibility index (Phi) is 10.4. The Balaban J connectivity index is 0.00000261. The molecule has 3 rings (SSSR count). The molecule has 1 aromatic carbocycles. The monoisotopic (exact) mass is 486 g/mol. The highest BCUT2D eigenvalue weighted by atomic mass is 127. The maximum Gasteiger partial charge on any atom is 0.193 e. The van der Waals surface area contributed by atoms with Gasteiger partial charge in [-0.1, -0.05) is 30.3 Å². The summed E-state index contributed by atoms with van der Waals surface area (Å²) in [4.78, 5) is 9.83. The van der Waals surface area contributed by atoms with Crippen molar-refractivity contribution in [3.05, 3.63) is 35.9 Å². The topological polar surface area (TPSA) is 40.1 Å². The highest BCUT2D eigenvalue weighted by Gasteiger charge is 2.25. The molecule has 0 saturated carbocycles. The van der Waals surface area contributed by atoms with Crippen LogP contribution < -0.4 is 5.32 Å². The van der Waals surface area contributed by atoms with Crippen LogP contribution in [0, 0.1) is 0 Å². The van der Waals surface area contributed by atoms with Crippen LogP contribution in [0.25, 0.3) is 0 Å². The van der Waals surface area contributed by atoms with Crippen LogP contribution in [-0.2, 0) is 4.74 Å². The molecule has 1 aromatic rings. The van der Waals surface area contributed by atoms with Gasteiger partial charge in [0.15, 0.2) is 5.96 Å². The van der Waals surface area contributed by atoms with Gasteiger partial charge < -0.3 is 15.0 Å². The fraction of sp³-hybridized carbons (Fsp3) is 0.667. The Morgan fingerprint density at radius 3 is 2.67 bits per heavy atom.